The molecule has 0 unspecified atom stereocenters. The Kier molecular flexibility index (Phi) is 4.04. The molecule has 6 rings (SSSR count). The second-order valence-corrected chi connectivity index (χ2v) is 7.12. The third-order valence-corrected chi connectivity index (χ3v) is 5.09. The van der Waals surface area contributed by atoms with Crippen molar-refractivity contribution in [3.63, 3.8) is 0 Å². The summed E-state index contributed by atoms with van der Waals surface area (Å²) in [5.74, 6) is 0.811. The number of para-hydroxylation sites is 3. The van der Waals surface area contributed by atoms with Crippen molar-refractivity contribution in [2.45, 2.75) is 0 Å². The Morgan fingerprint density at radius 2 is 1.38 bits per heavy atom. The monoisotopic (exact) mass is 420 g/mol. The summed E-state index contributed by atoms with van der Waals surface area (Å²) in [6.07, 6.45) is 0. The first-order valence-corrected chi connectivity index (χ1v) is 10.00. The zero-order valence-corrected chi connectivity index (χ0v) is 16.7. The van der Waals surface area contributed by atoms with Gasteiger partial charge in [0.25, 0.3) is 0 Å². The third-order valence-electron chi connectivity index (χ3n) is 5.09. The molecule has 3 heterocycles. The zero-order valence-electron chi connectivity index (χ0n) is 16.7. The summed E-state index contributed by atoms with van der Waals surface area (Å²) in [6.45, 7) is 0. The number of nitrogens with one attached hydrogen (secondary N) is 1. The highest BCUT2D eigenvalue weighted by Gasteiger charge is 2.21. The van der Waals surface area contributed by atoms with Crippen molar-refractivity contribution >= 4 is 28.6 Å². The molecule has 154 valence electrons. The molecule has 9 nitrogen and oxygen atoms in total. The average molecular weight is 420 g/mol. The van der Waals surface area contributed by atoms with Crippen LogP contribution in [0.4, 0.5) is 11.6 Å². The molecular formula is C23H16N8O. The Hall–Kier alpha value is -4.79. The minimum absolute atomic E-state index is 0.148. The van der Waals surface area contributed by atoms with Gasteiger partial charge in [0, 0.05) is 5.69 Å². The van der Waals surface area contributed by atoms with Crippen molar-refractivity contribution in [3.05, 3.63) is 101 Å². The molecule has 3 aromatic heterocycles. The maximum absolute atomic E-state index is 13.3. The number of hydrogen-bond acceptors (Lipinski definition) is 6. The maximum atomic E-state index is 13.3. The lowest BCUT2D eigenvalue weighted by Crippen LogP contribution is -2.17. The Morgan fingerprint density at radius 3 is 2.06 bits per heavy atom. The van der Waals surface area contributed by atoms with Crippen LogP contribution < -0.4 is 10.9 Å². The van der Waals surface area contributed by atoms with Crippen LogP contribution in [0.25, 0.3) is 28.3 Å². The predicted octanol–water partition coefficient (Wildman–Crippen LogP) is 3.36. The molecule has 1 N–H and O–H groups in total. The number of nitrogens with zero attached hydrogens (tertiary/aromatic N) is 7. The number of fused-ring (bicyclic) bond motifs is 2. The van der Waals surface area contributed by atoms with Gasteiger partial charge in [0.1, 0.15) is 0 Å². The van der Waals surface area contributed by atoms with E-state index in [1.807, 2.05) is 91.0 Å². The highest BCUT2D eigenvalue weighted by molar-refractivity contribution is 5.74. The van der Waals surface area contributed by atoms with Crippen LogP contribution in [0.15, 0.2) is 95.8 Å². The van der Waals surface area contributed by atoms with Gasteiger partial charge in [0.2, 0.25) is 11.7 Å². The zero-order chi connectivity index (χ0) is 21.5. The summed E-state index contributed by atoms with van der Waals surface area (Å²) in [5, 5.41) is 16.1. The van der Waals surface area contributed by atoms with Crippen LogP contribution in [-0.2, 0) is 0 Å². The first-order chi connectivity index (χ1) is 15.8. The van der Waals surface area contributed by atoms with Gasteiger partial charge in [0.15, 0.2) is 11.2 Å². The average Bonchev–Trinajstić information content (AvgIpc) is 3.43. The Labute approximate surface area is 181 Å². The fraction of sp³-hybridized carbons (Fsp3) is 0. The highest BCUT2D eigenvalue weighted by Crippen LogP contribution is 2.22. The van der Waals surface area contributed by atoms with E-state index in [-0.39, 0.29) is 5.52 Å². The van der Waals surface area contributed by atoms with E-state index < -0.39 is 5.56 Å². The summed E-state index contributed by atoms with van der Waals surface area (Å²) in [4.78, 5) is 18.1. The predicted molar refractivity (Wildman–Crippen MR) is 121 cm³/mol. The molecule has 0 spiro atoms. The number of aromatic nitrogens is 7. The Morgan fingerprint density at radius 1 is 0.750 bits per heavy atom. The van der Waals surface area contributed by atoms with E-state index in [1.165, 1.54) is 4.52 Å². The minimum Gasteiger partial charge on any atom is -0.324 e. The molecule has 0 aliphatic heterocycles. The molecule has 0 fully saturated rings. The van der Waals surface area contributed by atoms with Gasteiger partial charge in [0.05, 0.1) is 11.4 Å². The highest BCUT2D eigenvalue weighted by atomic mass is 16.1. The second-order valence-electron chi connectivity index (χ2n) is 7.12. The van der Waals surface area contributed by atoms with E-state index >= 15 is 0 Å². The second kappa shape index (κ2) is 7.17. The molecule has 0 saturated heterocycles. The van der Waals surface area contributed by atoms with Crippen LogP contribution >= 0.6 is 0 Å². The van der Waals surface area contributed by atoms with E-state index in [9.17, 15) is 4.79 Å². The van der Waals surface area contributed by atoms with Crippen LogP contribution in [0.3, 0.4) is 0 Å². The molecule has 0 atom stereocenters. The van der Waals surface area contributed by atoms with Crippen LogP contribution in [0, 0.1) is 0 Å². The molecule has 0 saturated carbocycles. The minimum atomic E-state index is -0.391. The summed E-state index contributed by atoms with van der Waals surface area (Å²) in [5.41, 5.74) is 2.54. The van der Waals surface area contributed by atoms with Crippen molar-refractivity contribution in [2.24, 2.45) is 0 Å². The molecule has 6 aromatic rings. The van der Waals surface area contributed by atoms with Gasteiger partial charge in [-0.15, -0.1) is 10.2 Å². The molecule has 0 aliphatic rings. The van der Waals surface area contributed by atoms with E-state index in [0.29, 0.717) is 17.4 Å². The molecule has 0 amide bonds. The van der Waals surface area contributed by atoms with Crippen molar-refractivity contribution < 1.29 is 0 Å². The number of hydrogen-bond donors (Lipinski definition) is 1. The van der Waals surface area contributed by atoms with Gasteiger partial charge >= 0.3 is 5.56 Å². The van der Waals surface area contributed by atoms with Crippen molar-refractivity contribution in [2.75, 3.05) is 5.32 Å². The fourth-order valence-corrected chi connectivity index (χ4v) is 3.61. The Bertz CT molecular complexity index is 1600. The standard InChI is InChI=1S/C23H16N8O/c32-21-19-20(30(28-26-19)18-14-8-3-9-15-18)25-23-29(17-12-6-2-7-13-17)22(27-31(21)23)24-16-10-4-1-5-11-16/h1-15H,(H,24,27). The van der Waals surface area contributed by atoms with Gasteiger partial charge in [-0.2, -0.15) is 14.2 Å². The Balaban J connectivity index is 1.65. The number of anilines is 2. The van der Waals surface area contributed by atoms with Gasteiger partial charge in [-0.05, 0) is 36.4 Å². The molecular weight excluding hydrogens is 404 g/mol. The van der Waals surface area contributed by atoms with Crippen LogP contribution in [-0.4, -0.2) is 34.2 Å². The lowest BCUT2D eigenvalue weighted by atomic mass is 10.3. The van der Waals surface area contributed by atoms with Gasteiger partial charge in [-0.1, -0.05) is 59.8 Å². The SMILES string of the molecule is O=c1c2nnn(-c3ccccc3)c2nc2n(-c3ccccc3)c(Nc3ccccc3)nn12. The maximum Gasteiger partial charge on any atom is 0.306 e. The molecule has 0 bridgehead atoms. The smallest absolute Gasteiger partial charge is 0.306 e. The summed E-state index contributed by atoms with van der Waals surface area (Å²) < 4.78 is 4.62. The lowest BCUT2D eigenvalue weighted by molar-refractivity contribution is 0.817. The van der Waals surface area contributed by atoms with E-state index in [0.717, 1.165) is 17.1 Å². The summed E-state index contributed by atoms with van der Waals surface area (Å²) in [6, 6.07) is 28.7. The first kappa shape index (κ1) is 18.0. The van der Waals surface area contributed by atoms with Gasteiger partial charge in [-0.3, -0.25) is 4.79 Å². The van der Waals surface area contributed by atoms with E-state index in [1.54, 1.807) is 9.25 Å². The third kappa shape index (κ3) is 2.83. The van der Waals surface area contributed by atoms with Gasteiger partial charge < -0.3 is 5.32 Å². The van der Waals surface area contributed by atoms with Crippen molar-refractivity contribution in [1.82, 2.24) is 34.2 Å². The summed E-state index contributed by atoms with van der Waals surface area (Å²) >= 11 is 0. The van der Waals surface area contributed by atoms with Crippen molar-refractivity contribution in [1.29, 1.82) is 0 Å². The molecule has 3 aromatic carbocycles. The molecule has 9 heteroatoms. The summed E-state index contributed by atoms with van der Waals surface area (Å²) in [7, 11) is 0. The molecule has 32 heavy (non-hydrogen) atoms. The van der Waals surface area contributed by atoms with Crippen LogP contribution in [0.5, 0.6) is 0 Å². The quantitative estimate of drug-likeness (QED) is 0.470. The van der Waals surface area contributed by atoms with Crippen LogP contribution in [0.1, 0.15) is 0 Å². The topological polar surface area (TPSA) is 94.9 Å². The lowest BCUT2D eigenvalue weighted by Gasteiger charge is -2.09. The fourth-order valence-electron chi connectivity index (χ4n) is 3.61. The van der Waals surface area contributed by atoms with Crippen molar-refractivity contribution in [3.8, 4) is 11.4 Å². The first-order valence-electron chi connectivity index (χ1n) is 10.00. The molecule has 0 aliphatic carbocycles. The van der Waals surface area contributed by atoms with Crippen LogP contribution in [0.2, 0.25) is 0 Å². The molecule has 0 radical (unpaired) electrons. The largest absolute Gasteiger partial charge is 0.324 e. The number of benzene rings is 3. The van der Waals surface area contributed by atoms with E-state index in [4.69, 9.17) is 4.98 Å². The normalized spacial score (nSPS) is 11.2. The van der Waals surface area contributed by atoms with Gasteiger partial charge in [-0.25, -0.2) is 4.57 Å². The number of rotatable bonds is 4. The van der Waals surface area contributed by atoms with E-state index in [2.05, 4.69) is 20.7 Å².